The quantitative estimate of drug-likeness (QED) is 0.127. The molecular weight excluding hydrogens is 594 g/mol. The average molecular weight is 622 g/mol. The highest BCUT2D eigenvalue weighted by Crippen LogP contribution is 2.15. The molecule has 3 heterocycles. The Labute approximate surface area is 259 Å². The van der Waals surface area contributed by atoms with Crippen molar-refractivity contribution in [3.05, 3.63) is 101 Å². The predicted octanol–water partition coefficient (Wildman–Crippen LogP) is 2.74. The molecule has 6 rings (SSSR count). The molecule has 0 bridgehead atoms. The minimum atomic E-state index is -1.31. The number of rotatable bonds is 9. The van der Waals surface area contributed by atoms with Crippen LogP contribution in [0.2, 0.25) is 0 Å². The smallest absolute Gasteiger partial charge is 0.326 e. The van der Waals surface area contributed by atoms with Crippen molar-refractivity contribution >= 4 is 62.7 Å². The second kappa shape index (κ2) is 13.9. The number of carbonyl (C=O) groups is 3. The number of fused-ring (bicyclic) bond motifs is 3. The summed E-state index contributed by atoms with van der Waals surface area (Å²) in [6.07, 6.45) is 0.840. The number of nitrogen functional groups attached to an aromatic ring is 1. The summed E-state index contributed by atoms with van der Waals surface area (Å²) in [6, 6.07) is 20.7. The number of aliphatic carboxylic acids is 2. The Bertz CT molecular complexity index is 2010. The number of carboxylic acid groups (broad SMARTS) is 2. The van der Waals surface area contributed by atoms with Crippen LogP contribution in [0.5, 0.6) is 0 Å². The van der Waals surface area contributed by atoms with E-state index < -0.39 is 29.4 Å². The molecule has 0 aliphatic carbocycles. The number of para-hydroxylation sites is 4. The maximum atomic E-state index is 12.3. The number of aromatic nitrogens is 6. The number of hydrogen-bond donors (Lipinski definition) is 6. The largest absolute Gasteiger partial charge is 0.481 e. The van der Waals surface area contributed by atoms with E-state index in [9.17, 15) is 19.2 Å². The molecule has 0 unspecified atom stereocenters. The van der Waals surface area contributed by atoms with Crippen molar-refractivity contribution in [3.8, 4) is 0 Å². The summed E-state index contributed by atoms with van der Waals surface area (Å²) in [5.41, 5.74) is 10.3. The van der Waals surface area contributed by atoms with Gasteiger partial charge in [0.25, 0.3) is 11.5 Å². The normalized spacial score (nSPS) is 11.4. The highest BCUT2D eigenvalue weighted by Gasteiger charge is 2.21. The zero-order valence-electron chi connectivity index (χ0n) is 24.0. The van der Waals surface area contributed by atoms with Crippen LogP contribution in [0.1, 0.15) is 28.9 Å². The van der Waals surface area contributed by atoms with Crippen molar-refractivity contribution in [2.45, 2.75) is 25.4 Å². The fraction of sp³-hybridized carbons (Fsp3) is 0.129. The van der Waals surface area contributed by atoms with E-state index in [0.717, 1.165) is 22.1 Å². The molecule has 7 N–H and O–H groups in total. The first-order valence-corrected chi connectivity index (χ1v) is 13.9. The molecule has 0 fully saturated rings. The lowest BCUT2D eigenvalue weighted by atomic mass is 10.1. The first-order valence-electron chi connectivity index (χ1n) is 13.9. The number of amides is 1. The summed E-state index contributed by atoms with van der Waals surface area (Å²) >= 11 is 0. The highest BCUT2D eigenvalue weighted by atomic mass is 16.4. The van der Waals surface area contributed by atoms with Crippen LogP contribution in [0.25, 0.3) is 33.2 Å². The lowest BCUT2D eigenvalue weighted by Crippen LogP contribution is -2.41. The Balaban J connectivity index is 0.000000244. The molecule has 0 spiro atoms. The van der Waals surface area contributed by atoms with Gasteiger partial charge in [-0.3, -0.25) is 19.4 Å². The van der Waals surface area contributed by atoms with Crippen LogP contribution in [-0.2, 0) is 16.1 Å². The van der Waals surface area contributed by atoms with Crippen LogP contribution in [0.15, 0.2) is 83.8 Å². The van der Waals surface area contributed by atoms with Crippen molar-refractivity contribution in [3.63, 3.8) is 0 Å². The molecule has 46 heavy (non-hydrogen) atoms. The van der Waals surface area contributed by atoms with Gasteiger partial charge in [-0.2, -0.15) is 4.98 Å². The maximum absolute atomic E-state index is 12.3. The summed E-state index contributed by atoms with van der Waals surface area (Å²) in [5, 5.41) is 23.2. The molecule has 0 radical (unpaired) electrons. The molecule has 232 valence electrons. The highest BCUT2D eigenvalue weighted by molar-refractivity contribution is 5.97. The Morgan fingerprint density at radius 2 is 1.41 bits per heavy atom. The van der Waals surface area contributed by atoms with Crippen LogP contribution in [0.4, 0.5) is 11.6 Å². The van der Waals surface area contributed by atoms with Crippen molar-refractivity contribution in [1.29, 1.82) is 0 Å². The molecule has 1 atom stereocenters. The van der Waals surface area contributed by atoms with Crippen molar-refractivity contribution in [2.24, 2.45) is 0 Å². The van der Waals surface area contributed by atoms with Gasteiger partial charge in [0.05, 0.1) is 40.5 Å². The second-order valence-corrected chi connectivity index (χ2v) is 9.91. The van der Waals surface area contributed by atoms with Gasteiger partial charge in [-0.25, -0.2) is 24.7 Å². The monoisotopic (exact) mass is 621 g/mol. The molecule has 3 aromatic carbocycles. The molecule has 1 amide bonds. The second-order valence-electron chi connectivity index (χ2n) is 9.91. The van der Waals surface area contributed by atoms with Crippen LogP contribution >= 0.6 is 0 Å². The van der Waals surface area contributed by atoms with Gasteiger partial charge in [-0.15, -0.1) is 0 Å². The number of nitrogens with one attached hydrogen (secondary N) is 3. The Morgan fingerprint density at radius 3 is 1.96 bits per heavy atom. The van der Waals surface area contributed by atoms with Crippen molar-refractivity contribution in [1.82, 2.24) is 35.2 Å². The van der Waals surface area contributed by atoms with E-state index in [1.165, 1.54) is 18.3 Å². The zero-order valence-corrected chi connectivity index (χ0v) is 24.0. The van der Waals surface area contributed by atoms with Gasteiger partial charge in [-0.1, -0.05) is 24.3 Å². The Hall–Kier alpha value is -6.51. The molecular formula is C31H27N9O6. The average Bonchev–Trinajstić information content (AvgIpc) is 3.05. The van der Waals surface area contributed by atoms with Gasteiger partial charge in [-0.05, 0) is 55.0 Å². The molecule has 0 aliphatic rings. The minimum absolute atomic E-state index is 0.0524. The van der Waals surface area contributed by atoms with Gasteiger partial charge >= 0.3 is 11.9 Å². The summed E-state index contributed by atoms with van der Waals surface area (Å²) in [4.78, 5) is 69.6. The standard InChI is InChI=1S/C19H19N7O6.C12H8N2/c20-19-25-15-14(17(30)26-19)23-11(8-22-15)7-21-10-3-1-9(2-4-10)16(29)24-12(18(31)32)5-6-13(27)28;1-2-6-10-9(5-1)13-11-7-3-4-8-12(11)14-10/h1-4,8,12,21H,5-7H2,(H,24,29)(H,27,28)(H,31,32)(H3,20,22,25,26,30);1-8H/t12-;/m0./s1. The van der Waals surface area contributed by atoms with E-state index in [1.807, 2.05) is 48.5 Å². The summed E-state index contributed by atoms with van der Waals surface area (Å²) < 4.78 is 0. The van der Waals surface area contributed by atoms with Gasteiger partial charge in [0.15, 0.2) is 11.2 Å². The first kappa shape index (κ1) is 30.9. The van der Waals surface area contributed by atoms with Crippen LogP contribution in [-0.4, -0.2) is 64.0 Å². The number of H-pyrrole nitrogens is 1. The van der Waals surface area contributed by atoms with E-state index in [0.29, 0.717) is 11.4 Å². The number of benzene rings is 3. The molecule has 0 saturated carbocycles. The number of carbonyl (C=O) groups excluding carboxylic acids is 1. The third-order valence-electron chi connectivity index (χ3n) is 6.60. The van der Waals surface area contributed by atoms with E-state index in [1.54, 1.807) is 12.1 Å². The number of hydrogen-bond acceptors (Lipinski definition) is 11. The summed E-state index contributed by atoms with van der Waals surface area (Å²) in [6.45, 7) is 0.231. The predicted molar refractivity (Wildman–Crippen MR) is 169 cm³/mol. The molecule has 0 aliphatic heterocycles. The van der Waals surface area contributed by atoms with E-state index >= 15 is 0 Å². The summed E-state index contributed by atoms with van der Waals surface area (Å²) in [5.74, 6) is -3.16. The summed E-state index contributed by atoms with van der Waals surface area (Å²) in [7, 11) is 0. The Kier molecular flexibility index (Phi) is 9.32. The molecule has 3 aromatic heterocycles. The number of anilines is 2. The first-order chi connectivity index (χ1) is 22.2. The topological polar surface area (TPSA) is 239 Å². The van der Waals surface area contributed by atoms with E-state index in [2.05, 4.69) is 40.5 Å². The molecule has 15 heteroatoms. The number of nitrogens with two attached hydrogens (primary N) is 1. The number of aromatic amines is 1. The number of nitrogens with zero attached hydrogens (tertiary/aromatic N) is 5. The molecule has 0 saturated heterocycles. The van der Waals surface area contributed by atoms with Gasteiger partial charge in [0.2, 0.25) is 5.95 Å². The van der Waals surface area contributed by atoms with Crippen LogP contribution in [0.3, 0.4) is 0 Å². The fourth-order valence-corrected chi connectivity index (χ4v) is 4.32. The molecule has 15 nitrogen and oxygen atoms in total. The maximum Gasteiger partial charge on any atom is 0.326 e. The van der Waals surface area contributed by atoms with E-state index in [-0.39, 0.29) is 42.1 Å². The lowest BCUT2D eigenvalue weighted by molar-refractivity contribution is -0.140. The molecule has 6 aromatic rings. The minimum Gasteiger partial charge on any atom is -0.481 e. The van der Waals surface area contributed by atoms with Gasteiger partial charge < -0.3 is 26.6 Å². The lowest BCUT2D eigenvalue weighted by Gasteiger charge is -2.14. The fourth-order valence-electron chi connectivity index (χ4n) is 4.32. The Morgan fingerprint density at radius 1 is 0.826 bits per heavy atom. The van der Waals surface area contributed by atoms with Gasteiger partial charge in [0.1, 0.15) is 6.04 Å². The van der Waals surface area contributed by atoms with Gasteiger partial charge in [0, 0.05) is 17.7 Å². The van der Waals surface area contributed by atoms with Crippen LogP contribution < -0.4 is 21.9 Å². The third-order valence-corrected chi connectivity index (χ3v) is 6.60. The van der Waals surface area contributed by atoms with Crippen molar-refractivity contribution < 1.29 is 24.6 Å². The number of carboxylic acids is 2. The van der Waals surface area contributed by atoms with Crippen molar-refractivity contribution in [2.75, 3.05) is 11.1 Å². The zero-order chi connectivity index (χ0) is 32.6. The van der Waals surface area contributed by atoms with Crippen LogP contribution in [0, 0.1) is 0 Å². The SMILES string of the molecule is Nc1nc2ncc(CNc3ccc(C(=O)N[C@@H](CCC(=O)O)C(=O)O)cc3)nc2c(=O)[nH]1.c1ccc2nc3ccccc3nc2c1. The van der Waals surface area contributed by atoms with E-state index in [4.69, 9.17) is 15.9 Å². The third kappa shape index (κ3) is 7.71.